The first-order chi connectivity index (χ1) is 14.8. The lowest BCUT2D eigenvalue weighted by molar-refractivity contribution is -0.140. The average molecular weight is 442 g/mol. The summed E-state index contributed by atoms with van der Waals surface area (Å²) in [6.07, 6.45) is -0.439. The van der Waals surface area contributed by atoms with Gasteiger partial charge < -0.3 is 9.64 Å². The van der Waals surface area contributed by atoms with Gasteiger partial charge in [-0.3, -0.25) is 4.79 Å². The highest BCUT2D eigenvalue weighted by Gasteiger charge is 2.36. The number of carbonyl (C=O) groups excluding carboxylic acids is 1. The van der Waals surface area contributed by atoms with Gasteiger partial charge in [0.1, 0.15) is 11.6 Å². The minimum absolute atomic E-state index is 0.0488. The maximum atomic E-state index is 13.4. The van der Waals surface area contributed by atoms with E-state index in [2.05, 4.69) is 0 Å². The molecule has 1 aliphatic rings. The number of amides is 1. The first kappa shape index (κ1) is 21.3. The summed E-state index contributed by atoms with van der Waals surface area (Å²) in [5, 5.41) is 2.08. The van der Waals surface area contributed by atoms with Crippen LogP contribution in [0, 0.1) is 5.82 Å². The summed E-state index contributed by atoms with van der Waals surface area (Å²) < 4.78 is 43.2. The van der Waals surface area contributed by atoms with Gasteiger partial charge in [0.25, 0.3) is 5.91 Å². The van der Waals surface area contributed by atoms with Gasteiger partial charge in [0.2, 0.25) is 0 Å². The van der Waals surface area contributed by atoms with E-state index in [0.29, 0.717) is 12.2 Å². The Bertz CT molecular complexity index is 1190. The number of carbonyl (C=O) groups is 1. The number of hydrogen-bond donors (Lipinski definition) is 0. The largest absolute Gasteiger partial charge is 0.481 e. The highest BCUT2D eigenvalue weighted by molar-refractivity contribution is 7.91. The predicted molar refractivity (Wildman–Crippen MR) is 118 cm³/mol. The van der Waals surface area contributed by atoms with Crippen LogP contribution in [0.3, 0.4) is 0 Å². The molecule has 7 heteroatoms. The van der Waals surface area contributed by atoms with E-state index in [1.54, 1.807) is 11.8 Å². The van der Waals surface area contributed by atoms with Crippen LogP contribution in [0.4, 0.5) is 4.39 Å². The average Bonchev–Trinajstić information content (AvgIpc) is 3.12. The molecular weight excluding hydrogens is 417 g/mol. The van der Waals surface area contributed by atoms with Crippen molar-refractivity contribution in [3.8, 4) is 5.75 Å². The maximum Gasteiger partial charge on any atom is 0.263 e. The predicted octanol–water partition coefficient (Wildman–Crippen LogP) is 3.96. The Balaban J connectivity index is 1.62. The SMILES string of the molecule is C[C@@H](Oc1ccc(F)cc1)C(=O)N(Cc1cccc2ccccc12)[C@H]1CCS(=O)(=O)C1. The molecule has 0 spiro atoms. The minimum Gasteiger partial charge on any atom is -0.481 e. The van der Waals surface area contributed by atoms with Crippen molar-refractivity contribution >= 4 is 26.5 Å². The molecule has 1 amide bonds. The molecule has 1 fully saturated rings. The van der Waals surface area contributed by atoms with E-state index < -0.39 is 22.0 Å². The Labute approximate surface area is 181 Å². The first-order valence-electron chi connectivity index (χ1n) is 10.2. The van der Waals surface area contributed by atoms with E-state index in [1.165, 1.54) is 24.3 Å². The van der Waals surface area contributed by atoms with Crippen molar-refractivity contribution in [1.29, 1.82) is 0 Å². The third kappa shape index (κ3) is 4.88. The molecule has 0 saturated carbocycles. The van der Waals surface area contributed by atoms with Crippen molar-refractivity contribution in [1.82, 2.24) is 4.90 Å². The van der Waals surface area contributed by atoms with Gasteiger partial charge in [0.05, 0.1) is 11.5 Å². The lowest BCUT2D eigenvalue weighted by Gasteiger charge is -2.31. The van der Waals surface area contributed by atoms with E-state index in [1.807, 2.05) is 42.5 Å². The van der Waals surface area contributed by atoms with Crippen molar-refractivity contribution in [2.24, 2.45) is 0 Å². The fourth-order valence-corrected chi connectivity index (χ4v) is 5.75. The lowest BCUT2D eigenvalue weighted by Crippen LogP contribution is -2.46. The third-order valence-electron chi connectivity index (χ3n) is 5.63. The summed E-state index contributed by atoms with van der Waals surface area (Å²) in [6.45, 7) is 1.92. The Morgan fingerprint density at radius 3 is 2.52 bits per heavy atom. The summed E-state index contributed by atoms with van der Waals surface area (Å²) in [4.78, 5) is 15.0. The first-order valence-corrected chi connectivity index (χ1v) is 12.0. The van der Waals surface area contributed by atoms with Crippen molar-refractivity contribution in [3.05, 3.63) is 78.1 Å². The maximum absolute atomic E-state index is 13.4. The molecule has 0 aromatic heterocycles. The van der Waals surface area contributed by atoms with Crippen LogP contribution in [0.15, 0.2) is 66.7 Å². The minimum atomic E-state index is -3.17. The summed E-state index contributed by atoms with van der Waals surface area (Å²) >= 11 is 0. The number of nitrogens with zero attached hydrogens (tertiary/aromatic N) is 1. The molecular formula is C24H24FNO4S. The zero-order chi connectivity index (χ0) is 22.0. The Morgan fingerprint density at radius 1 is 1.10 bits per heavy atom. The summed E-state index contributed by atoms with van der Waals surface area (Å²) in [6, 6.07) is 18.9. The van der Waals surface area contributed by atoms with Crippen LogP contribution >= 0.6 is 0 Å². The number of ether oxygens (including phenoxy) is 1. The van der Waals surface area contributed by atoms with Crippen LogP contribution in [0.25, 0.3) is 10.8 Å². The van der Waals surface area contributed by atoms with Gasteiger partial charge in [-0.1, -0.05) is 42.5 Å². The Morgan fingerprint density at radius 2 is 1.81 bits per heavy atom. The molecule has 0 aliphatic carbocycles. The van der Waals surface area contributed by atoms with Gasteiger partial charge >= 0.3 is 0 Å². The molecule has 2 atom stereocenters. The topological polar surface area (TPSA) is 63.7 Å². The van der Waals surface area contributed by atoms with Crippen molar-refractivity contribution in [2.75, 3.05) is 11.5 Å². The van der Waals surface area contributed by atoms with Gasteiger partial charge in [-0.25, -0.2) is 12.8 Å². The highest BCUT2D eigenvalue weighted by atomic mass is 32.2. The standard InChI is InChI=1S/C24H24FNO4S/c1-17(30-22-11-9-20(25)10-12-22)24(27)26(21-13-14-31(28,29)16-21)15-19-7-4-6-18-5-2-3-8-23(18)19/h2-12,17,21H,13-16H2,1H3/t17-,21+/m1/s1. The summed E-state index contributed by atoms with van der Waals surface area (Å²) in [5.41, 5.74) is 0.949. The summed E-state index contributed by atoms with van der Waals surface area (Å²) in [7, 11) is -3.17. The van der Waals surface area contributed by atoms with Gasteiger partial charge in [0.15, 0.2) is 15.9 Å². The number of halogens is 1. The zero-order valence-corrected chi connectivity index (χ0v) is 18.0. The van der Waals surface area contributed by atoms with Crippen molar-refractivity contribution in [2.45, 2.75) is 32.0 Å². The van der Waals surface area contributed by atoms with Crippen molar-refractivity contribution in [3.63, 3.8) is 0 Å². The molecule has 0 unspecified atom stereocenters. The van der Waals surface area contributed by atoms with Gasteiger partial charge in [-0.2, -0.15) is 0 Å². The van der Waals surface area contributed by atoms with Crippen LogP contribution in [0.5, 0.6) is 5.75 Å². The molecule has 3 aromatic carbocycles. The van der Waals surface area contributed by atoms with Gasteiger partial charge in [0, 0.05) is 12.6 Å². The lowest BCUT2D eigenvalue weighted by atomic mass is 10.0. The fourth-order valence-electron chi connectivity index (χ4n) is 4.02. The number of benzene rings is 3. The van der Waals surface area contributed by atoms with Crippen LogP contribution in [0.2, 0.25) is 0 Å². The molecule has 0 radical (unpaired) electrons. The number of rotatable bonds is 6. The van der Waals surface area contributed by atoms with Crippen LogP contribution in [0.1, 0.15) is 18.9 Å². The molecule has 5 nitrogen and oxygen atoms in total. The van der Waals surface area contributed by atoms with E-state index in [4.69, 9.17) is 4.74 Å². The molecule has 31 heavy (non-hydrogen) atoms. The van der Waals surface area contributed by atoms with Crippen LogP contribution < -0.4 is 4.74 Å². The molecule has 0 N–H and O–H groups in total. The molecule has 0 bridgehead atoms. The molecule has 4 rings (SSSR count). The molecule has 1 saturated heterocycles. The quantitative estimate of drug-likeness (QED) is 0.581. The molecule has 162 valence electrons. The second kappa shape index (κ2) is 8.67. The van der Waals surface area contributed by atoms with E-state index >= 15 is 0 Å². The highest BCUT2D eigenvalue weighted by Crippen LogP contribution is 2.26. The number of hydrogen-bond acceptors (Lipinski definition) is 4. The summed E-state index contributed by atoms with van der Waals surface area (Å²) in [5.74, 6) is -0.275. The fraction of sp³-hybridized carbons (Fsp3) is 0.292. The van der Waals surface area contributed by atoms with E-state index in [0.717, 1.165) is 16.3 Å². The molecule has 1 heterocycles. The zero-order valence-electron chi connectivity index (χ0n) is 17.2. The van der Waals surface area contributed by atoms with Gasteiger partial charge in [-0.05, 0) is 53.9 Å². The second-order valence-electron chi connectivity index (χ2n) is 7.88. The normalized spacial score (nSPS) is 18.6. The van der Waals surface area contributed by atoms with E-state index in [9.17, 15) is 17.6 Å². The second-order valence-corrected chi connectivity index (χ2v) is 10.1. The van der Waals surface area contributed by atoms with Crippen LogP contribution in [-0.4, -0.2) is 42.9 Å². The molecule has 3 aromatic rings. The molecule has 1 aliphatic heterocycles. The monoisotopic (exact) mass is 441 g/mol. The Hall–Kier alpha value is -2.93. The van der Waals surface area contributed by atoms with Crippen LogP contribution in [-0.2, 0) is 21.2 Å². The smallest absolute Gasteiger partial charge is 0.263 e. The van der Waals surface area contributed by atoms with Gasteiger partial charge in [-0.15, -0.1) is 0 Å². The number of sulfone groups is 1. The van der Waals surface area contributed by atoms with Crippen molar-refractivity contribution < 1.29 is 22.3 Å². The number of fused-ring (bicyclic) bond motifs is 1. The van der Waals surface area contributed by atoms with E-state index in [-0.39, 0.29) is 29.8 Å². The third-order valence-corrected chi connectivity index (χ3v) is 7.38. The Kier molecular flexibility index (Phi) is 5.96.